The Morgan fingerprint density at radius 2 is 1.44 bits per heavy atom. The number of nitrogens with zero attached hydrogens (tertiary/aromatic N) is 1. The van der Waals surface area contributed by atoms with E-state index >= 15 is 0 Å². The van der Waals surface area contributed by atoms with Gasteiger partial charge in [-0.05, 0) is 85.5 Å². The smallest absolute Gasteiger partial charge is 0.131 e. The molecular formula is C23H24FN. The summed E-state index contributed by atoms with van der Waals surface area (Å²) in [6.45, 7) is 0. The maximum atomic E-state index is 13.7. The highest BCUT2D eigenvalue weighted by Gasteiger charge is 2.51. The Hall–Kier alpha value is -1.96. The maximum absolute atomic E-state index is 13.7. The van der Waals surface area contributed by atoms with Gasteiger partial charge in [-0.2, -0.15) is 0 Å². The molecule has 0 radical (unpaired) electrons. The van der Waals surface area contributed by atoms with Gasteiger partial charge in [0.05, 0.1) is 5.69 Å². The molecule has 0 saturated heterocycles. The Morgan fingerprint density at radius 1 is 0.840 bits per heavy atom. The van der Waals surface area contributed by atoms with E-state index in [1.807, 2.05) is 6.07 Å². The van der Waals surface area contributed by atoms with Gasteiger partial charge in [0.15, 0.2) is 0 Å². The minimum atomic E-state index is -0.226. The van der Waals surface area contributed by atoms with Crippen LogP contribution in [0.2, 0.25) is 0 Å². The maximum Gasteiger partial charge on any atom is 0.131 e. The molecule has 2 aromatic carbocycles. The molecule has 0 spiro atoms. The fourth-order valence-corrected chi connectivity index (χ4v) is 6.09. The molecule has 6 rings (SSSR count). The minimum Gasteiger partial charge on any atom is -0.256 e. The van der Waals surface area contributed by atoms with E-state index in [2.05, 4.69) is 29.3 Å². The van der Waals surface area contributed by atoms with Crippen molar-refractivity contribution in [2.24, 2.45) is 22.7 Å². The van der Waals surface area contributed by atoms with Crippen LogP contribution in [-0.4, -0.2) is 6.21 Å². The van der Waals surface area contributed by atoms with Gasteiger partial charge in [0.25, 0.3) is 0 Å². The van der Waals surface area contributed by atoms with E-state index in [1.165, 1.54) is 50.2 Å². The van der Waals surface area contributed by atoms with Crippen LogP contribution in [0.5, 0.6) is 0 Å². The molecule has 4 saturated carbocycles. The van der Waals surface area contributed by atoms with Crippen LogP contribution in [0.1, 0.15) is 49.7 Å². The molecule has 0 N–H and O–H groups in total. The van der Waals surface area contributed by atoms with Crippen molar-refractivity contribution in [3.05, 3.63) is 65.5 Å². The van der Waals surface area contributed by atoms with Gasteiger partial charge in [0, 0.05) is 11.8 Å². The third-order valence-corrected chi connectivity index (χ3v) is 6.78. The van der Waals surface area contributed by atoms with Gasteiger partial charge in [-0.1, -0.05) is 30.3 Å². The largest absolute Gasteiger partial charge is 0.256 e. The van der Waals surface area contributed by atoms with E-state index in [-0.39, 0.29) is 5.82 Å². The van der Waals surface area contributed by atoms with Gasteiger partial charge in [0.2, 0.25) is 0 Å². The van der Waals surface area contributed by atoms with Gasteiger partial charge >= 0.3 is 0 Å². The summed E-state index contributed by atoms with van der Waals surface area (Å²) in [6, 6.07) is 15.5. The predicted octanol–water partition coefficient (Wildman–Crippen LogP) is 6.04. The fraction of sp³-hybridized carbons (Fsp3) is 0.435. The summed E-state index contributed by atoms with van der Waals surface area (Å²) in [4.78, 5) is 4.46. The average Bonchev–Trinajstić information content (AvgIpc) is 2.60. The average molecular weight is 333 g/mol. The molecule has 1 nitrogen and oxygen atoms in total. The van der Waals surface area contributed by atoms with Crippen LogP contribution in [0.25, 0.3) is 0 Å². The number of benzene rings is 2. The number of halogens is 1. The highest BCUT2D eigenvalue weighted by atomic mass is 19.1. The van der Waals surface area contributed by atoms with Crippen LogP contribution >= 0.6 is 0 Å². The number of rotatable bonds is 3. The summed E-state index contributed by atoms with van der Waals surface area (Å²) in [5, 5.41) is 0. The summed E-state index contributed by atoms with van der Waals surface area (Å²) in [5.74, 6) is 2.66. The first-order chi connectivity index (χ1) is 12.2. The topological polar surface area (TPSA) is 12.4 Å². The minimum absolute atomic E-state index is 0.226. The van der Waals surface area contributed by atoms with E-state index in [0.29, 0.717) is 11.0 Å². The van der Waals surface area contributed by atoms with Crippen molar-refractivity contribution in [3.63, 3.8) is 0 Å². The zero-order valence-electron chi connectivity index (χ0n) is 14.5. The monoisotopic (exact) mass is 333 g/mol. The van der Waals surface area contributed by atoms with Crippen LogP contribution in [-0.2, 0) is 5.41 Å². The van der Waals surface area contributed by atoms with E-state index in [0.717, 1.165) is 23.4 Å². The van der Waals surface area contributed by atoms with E-state index in [4.69, 9.17) is 0 Å². The molecule has 4 aliphatic carbocycles. The van der Waals surface area contributed by atoms with Crippen LogP contribution in [0.3, 0.4) is 0 Å². The molecule has 0 aromatic heterocycles. The second-order valence-electron chi connectivity index (χ2n) is 8.52. The summed E-state index contributed by atoms with van der Waals surface area (Å²) in [7, 11) is 0. The molecule has 4 aliphatic rings. The van der Waals surface area contributed by atoms with Gasteiger partial charge in [0.1, 0.15) is 5.82 Å². The Morgan fingerprint density at radius 3 is 2.04 bits per heavy atom. The number of hydrogen-bond acceptors (Lipinski definition) is 1. The van der Waals surface area contributed by atoms with Crippen LogP contribution in [0.15, 0.2) is 53.5 Å². The van der Waals surface area contributed by atoms with E-state index in [9.17, 15) is 4.39 Å². The lowest BCUT2D eigenvalue weighted by Gasteiger charge is -2.57. The first kappa shape index (κ1) is 15.3. The highest BCUT2D eigenvalue weighted by molar-refractivity contribution is 5.82. The lowest BCUT2D eigenvalue weighted by molar-refractivity contribution is -0.00518. The number of hydrogen-bond donors (Lipinski definition) is 0. The zero-order chi connectivity index (χ0) is 16.9. The Kier molecular flexibility index (Phi) is 3.55. The molecule has 128 valence electrons. The summed E-state index contributed by atoms with van der Waals surface area (Å²) in [5.41, 5.74) is 3.38. The Labute approximate surface area is 149 Å². The van der Waals surface area contributed by atoms with Gasteiger partial charge in [-0.25, -0.2) is 4.39 Å². The van der Waals surface area contributed by atoms with Crippen molar-refractivity contribution < 1.29 is 4.39 Å². The molecular weight excluding hydrogens is 309 g/mol. The van der Waals surface area contributed by atoms with Crippen molar-refractivity contribution in [1.82, 2.24) is 0 Å². The van der Waals surface area contributed by atoms with Crippen molar-refractivity contribution in [2.75, 3.05) is 0 Å². The Balaban J connectivity index is 1.38. The molecule has 0 atom stereocenters. The summed E-state index contributed by atoms with van der Waals surface area (Å²) >= 11 is 0. The lowest BCUT2D eigenvalue weighted by Crippen LogP contribution is -2.48. The van der Waals surface area contributed by atoms with Gasteiger partial charge in [-0.3, -0.25) is 4.99 Å². The Bertz CT molecular complexity index is 770. The summed E-state index contributed by atoms with van der Waals surface area (Å²) < 4.78 is 13.7. The van der Waals surface area contributed by atoms with E-state index < -0.39 is 0 Å². The molecule has 2 heteroatoms. The van der Waals surface area contributed by atoms with Crippen LogP contribution in [0.4, 0.5) is 10.1 Å². The van der Waals surface area contributed by atoms with Crippen LogP contribution in [0, 0.1) is 23.6 Å². The second kappa shape index (κ2) is 5.79. The molecule has 2 aromatic rings. The molecule has 0 heterocycles. The third-order valence-electron chi connectivity index (χ3n) is 6.78. The molecule has 0 unspecified atom stereocenters. The van der Waals surface area contributed by atoms with Crippen molar-refractivity contribution in [1.29, 1.82) is 0 Å². The van der Waals surface area contributed by atoms with Crippen LogP contribution < -0.4 is 0 Å². The van der Waals surface area contributed by atoms with Gasteiger partial charge < -0.3 is 0 Å². The lowest BCUT2D eigenvalue weighted by atomic mass is 9.48. The number of aliphatic imine (C=N–C) groups is 1. The molecule has 4 fully saturated rings. The quantitative estimate of drug-likeness (QED) is 0.607. The standard InChI is InChI=1S/C23H24FN/c24-22-4-2-1-3-19(22)15-25-21-7-5-20(6-8-21)23-12-16-9-17(13-23)11-18(10-16)14-23/h1-8,15-18H,9-14H2. The zero-order valence-corrected chi connectivity index (χ0v) is 14.5. The normalized spacial score (nSPS) is 33.2. The molecule has 0 amide bonds. The highest BCUT2D eigenvalue weighted by Crippen LogP contribution is 2.60. The van der Waals surface area contributed by atoms with Gasteiger partial charge in [-0.15, -0.1) is 0 Å². The van der Waals surface area contributed by atoms with E-state index in [1.54, 1.807) is 18.3 Å². The second-order valence-corrected chi connectivity index (χ2v) is 8.52. The predicted molar refractivity (Wildman–Crippen MR) is 99.9 cm³/mol. The third kappa shape index (κ3) is 2.72. The van der Waals surface area contributed by atoms with Crippen molar-refractivity contribution in [3.8, 4) is 0 Å². The molecule has 0 aliphatic heterocycles. The molecule has 25 heavy (non-hydrogen) atoms. The first-order valence-corrected chi connectivity index (χ1v) is 9.59. The first-order valence-electron chi connectivity index (χ1n) is 9.59. The fourth-order valence-electron chi connectivity index (χ4n) is 6.09. The van der Waals surface area contributed by atoms with Crippen molar-refractivity contribution >= 4 is 11.9 Å². The molecule has 4 bridgehead atoms. The SMILES string of the molecule is Fc1ccccc1C=Nc1ccc(C23CC4CC(CC(C4)C2)C3)cc1. The van der Waals surface area contributed by atoms with Crippen molar-refractivity contribution in [2.45, 2.75) is 43.9 Å². The summed E-state index contributed by atoms with van der Waals surface area (Å²) in [6.07, 6.45) is 10.2.